The molecule has 0 spiro atoms. The molecule has 0 saturated heterocycles. The molecule has 1 aromatic rings. The maximum Gasteiger partial charge on any atom is 0.337 e. The lowest BCUT2D eigenvalue weighted by atomic mass is 10.0. The summed E-state index contributed by atoms with van der Waals surface area (Å²) in [5.41, 5.74) is 1.32. The van der Waals surface area contributed by atoms with E-state index in [9.17, 15) is 0 Å². The number of benzene rings is 1. The molecule has 100 valence electrons. The third kappa shape index (κ3) is 4.15. The average Bonchev–Trinajstić information content (AvgIpc) is 2.34. The van der Waals surface area contributed by atoms with Gasteiger partial charge in [0, 0.05) is 6.04 Å². The van der Waals surface area contributed by atoms with Crippen LogP contribution in [0.15, 0.2) is 30.3 Å². The van der Waals surface area contributed by atoms with Crippen molar-refractivity contribution in [2.75, 3.05) is 34.8 Å². The lowest BCUT2D eigenvalue weighted by Gasteiger charge is -2.24. The summed E-state index contributed by atoms with van der Waals surface area (Å²) >= 11 is 0. The van der Waals surface area contributed by atoms with Crippen LogP contribution >= 0.6 is 0 Å². The minimum absolute atomic E-state index is 0.343. The number of rotatable bonds is 5. The molecular weight excluding hydrogens is 224 g/mol. The van der Waals surface area contributed by atoms with Crippen molar-refractivity contribution in [2.24, 2.45) is 0 Å². The molecular formula is C15H25N2O+. The van der Waals surface area contributed by atoms with Crippen molar-refractivity contribution in [3.63, 3.8) is 0 Å². The van der Waals surface area contributed by atoms with Crippen molar-refractivity contribution in [1.82, 2.24) is 4.90 Å². The summed E-state index contributed by atoms with van der Waals surface area (Å²) in [5, 5.41) is 0. The number of nitrogens with zero attached hydrogens (tertiary/aromatic N) is 2. The predicted molar refractivity (Wildman–Crippen MR) is 76.2 cm³/mol. The summed E-state index contributed by atoms with van der Waals surface area (Å²) in [6.45, 7) is 2.74. The Balaban J connectivity index is 2.91. The van der Waals surface area contributed by atoms with E-state index in [0.717, 1.165) is 12.3 Å². The molecule has 0 aliphatic rings. The van der Waals surface area contributed by atoms with Gasteiger partial charge in [-0.1, -0.05) is 30.3 Å². The van der Waals surface area contributed by atoms with E-state index in [1.807, 2.05) is 21.0 Å². The summed E-state index contributed by atoms with van der Waals surface area (Å²) in [6, 6.07) is 10.9. The largest absolute Gasteiger partial charge is 0.448 e. The van der Waals surface area contributed by atoms with Gasteiger partial charge in [-0.25, -0.2) is 4.58 Å². The maximum atomic E-state index is 5.72. The third-order valence-electron chi connectivity index (χ3n) is 2.99. The molecule has 0 heterocycles. The molecule has 0 aliphatic carbocycles. The lowest BCUT2D eigenvalue weighted by Crippen LogP contribution is -2.27. The zero-order valence-electron chi connectivity index (χ0n) is 12.2. The van der Waals surface area contributed by atoms with Crippen molar-refractivity contribution in [3.05, 3.63) is 35.9 Å². The fourth-order valence-electron chi connectivity index (χ4n) is 1.98. The quantitative estimate of drug-likeness (QED) is 0.452. The maximum absolute atomic E-state index is 5.72. The van der Waals surface area contributed by atoms with Gasteiger partial charge in [-0.15, -0.1) is 0 Å². The number of hydrogen-bond donors (Lipinski definition) is 0. The SMILES string of the molecule is CCOC(CC(c1ccccc1)N(C)C)=[N+](C)C. The summed E-state index contributed by atoms with van der Waals surface area (Å²) in [4.78, 5) is 2.23. The normalized spacial score (nSPS) is 12.3. The average molecular weight is 249 g/mol. The van der Waals surface area contributed by atoms with Crippen LogP contribution in [0.3, 0.4) is 0 Å². The van der Waals surface area contributed by atoms with E-state index in [-0.39, 0.29) is 0 Å². The Labute approximate surface area is 111 Å². The first-order valence-electron chi connectivity index (χ1n) is 6.43. The number of ether oxygens (including phenoxy) is 1. The van der Waals surface area contributed by atoms with Crippen LogP contribution in [0.2, 0.25) is 0 Å². The zero-order chi connectivity index (χ0) is 13.5. The van der Waals surface area contributed by atoms with E-state index in [4.69, 9.17) is 4.74 Å². The summed E-state index contributed by atoms with van der Waals surface area (Å²) in [6.07, 6.45) is 0.887. The van der Waals surface area contributed by atoms with Gasteiger partial charge in [0.25, 0.3) is 0 Å². The zero-order valence-corrected chi connectivity index (χ0v) is 12.2. The van der Waals surface area contributed by atoms with Crippen molar-refractivity contribution in [3.8, 4) is 0 Å². The van der Waals surface area contributed by atoms with Crippen molar-refractivity contribution >= 4 is 5.90 Å². The fraction of sp³-hybridized carbons (Fsp3) is 0.533. The van der Waals surface area contributed by atoms with E-state index in [1.165, 1.54) is 5.56 Å². The Morgan fingerprint density at radius 2 is 1.83 bits per heavy atom. The van der Waals surface area contributed by atoms with Gasteiger partial charge in [0.05, 0.1) is 13.0 Å². The Bertz CT molecular complexity index is 381. The molecule has 3 nitrogen and oxygen atoms in total. The molecule has 0 radical (unpaired) electrons. The van der Waals surface area contributed by atoms with E-state index < -0.39 is 0 Å². The Hall–Kier alpha value is -1.35. The van der Waals surface area contributed by atoms with Gasteiger partial charge in [-0.3, -0.25) is 0 Å². The lowest BCUT2D eigenvalue weighted by molar-refractivity contribution is -0.476. The molecule has 0 bridgehead atoms. The summed E-state index contributed by atoms with van der Waals surface area (Å²) < 4.78 is 7.78. The predicted octanol–water partition coefficient (Wildman–Crippen LogP) is 2.39. The minimum Gasteiger partial charge on any atom is -0.448 e. The molecule has 1 atom stereocenters. The molecule has 1 aromatic carbocycles. The number of hydrogen-bond acceptors (Lipinski definition) is 2. The molecule has 1 unspecified atom stereocenters. The third-order valence-corrected chi connectivity index (χ3v) is 2.99. The highest BCUT2D eigenvalue weighted by Crippen LogP contribution is 2.22. The highest BCUT2D eigenvalue weighted by molar-refractivity contribution is 5.71. The molecule has 0 aliphatic heterocycles. The van der Waals surface area contributed by atoms with Crippen LogP contribution in [0.1, 0.15) is 24.9 Å². The van der Waals surface area contributed by atoms with Crippen molar-refractivity contribution in [1.29, 1.82) is 0 Å². The molecule has 0 amide bonds. The Morgan fingerprint density at radius 3 is 2.28 bits per heavy atom. The van der Waals surface area contributed by atoms with Gasteiger partial charge in [-0.2, -0.15) is 0 Å². The van der Waals surface area contributed by atoms with Crippen LogP contribution < -0.4 is 0 Å². The van der Waals surface area contributed by atoms with Crippen LogP contribution in [-0.4, -0.2) is 50.2 Å². The highest BCUT2D eigenvalue weighted by Gasteiger charge is 2.21. The van der Waals surface area contributed by atoms with Crippen molar-refractivity contribution < 1.29 is 9.31 Å². The van der Waals surface area contributed by atoms with E-state index >= 15 is 0 Å². The van der Waals surface area contributed by atoms with Crippen LogP contribution in [0.25, 0.3) is 0 Å². The first-order valence-corrected chi connectivity index (χ1v) is 6.43. The molecule has 0 saturated carbocycles. The Morgan fingerprint density at radius 1 is 1.22 bits per heavy atom. The van der Waals surface area contributed by atoms with Crippen LogP contribution in [-0.2, 0) is 4.74 Å². The molecule has 0 aromatic heterocycles. The monoisotopic (exact) mass is 249 g/mol. The van der Waals surface area contributed by atoms with Gasteiger partial charge in [-0.05, 0) is 26.6 Å². The molecule has 3 heteroatoms. The minimum atomic E-state index is 0.343. The van der Waals surface area contributed by atoms with E-state index in [2.05, 4.69) is 53.9 Å². The molecule has 1 rings (SSSR count). The van der Waals surface area contributed by atoms with Gasteiger partial charge in [0.1, 0.15) is 14.1 Å². The first-order chi connectivity index (χ1) is 8.56. The standard InChI is InChI=1S/C15H25N2O/c1-6-18-15(17(4)5)12-14(16(2)3)13-10-8-7-9-11-13/h7-11,14H,6,12H2,1-5H3/q+1. The van der Waals surface area contributed by atoms with Crippen LogP contribution in [0, 0.1) is 0 Å². The van der Waals surface area contributed by atoms with Gasteiger partial charge < -0.3 is 9.64 Å². The topological polar surface area (TPSA) is 15.5 Å². The second kappa shape index (κ2) is 7.17. The van der Waals surface area contributed by atoms with E-state index in [0.29, 0.717) is 12.6 Å². The second-order valence-electron chi connectivity index (χ2n) is 4.82. The van der Waals surface area contributed by atoms with Crippen LogP contribution in [0.5, 0.6) is 0 Å². The van der Waals surface area contributed by atoms with Crippen molar-refractivity contribution in [2.45, 2.75) is 19.4 Å². The summed E-state index contributed by atoms with van der Waals surface area (Å²) in [5.74, 6) is 1.03. The Kier molecular flexibility index (Phi) is 5.86. The molecule has 0 N–H and O–H groups in total. The van der Waals surface area contributed by atoms with Crippen LogP contribution in [0.4, 0.5) is 0 Å². The molecule has 0 fully saturated rings. The summed E-state index contributed by atoms with van der Waals surface area (Å²) in [7, 11) is 8.28. The van der Waals surface area contributed by atoms with Gasteiger partial charge >= 0.3 is 5.90 Å². The van der Waals surface area contributed by atoms with Gasteiger partial charge in [0.15, 0.2) is 0 Å². The molecule has 18 heavy (non-hydrogen) atoms. The van der Waals surface area contributed by atoms with E-state index in [1.54, 1.807) is 0 Å². The fourth-order valence-corrected chi connectivity index (χ4v) is 1.98. The van der Waals surface area contributed by atoms with Gasteiger partial charge in [0.2, 0.25) is 0 Å². The smallest absolute Gasteiger partial charge is 0.337 e. The first kappa shape index (κ1) is 14.7. The second-order valence-corrected chi connectivity index (χ2v) is 4.82. The highest BCUT2D eigenvalue weighted by atomic mass is 16.5.